The van der Waals surface area contributed by atoms with Gasteiger partial charge in [0.2, 0.25) is 11.8 Å². The molecule has 4 atom stereocenters. The van der Waals surface area contributed by atoms with E-state index in [2.05, 4.69) is 39.8 Å². The van der Waals surface area contributed by atoms with E-state index in [-0.39, 0.29) is 76.9 Å². The maximum Gasteiger partial charge on any atom is 1.00 e. The van der Waals surface area contributed by atoms with E-state index in [9.17, 15) is 33.9 Å². The molecule has 16 nitrogen and oxygen atoms in total. The average molecular weight is 1250 g/mol. The number of aryl methyl sites for hydroxylation is 10. The Bertz CT molecular complexity index is 3590. The van der Waals surface area contributed by atoms with Crippen LogP contribution in [0.25, 0.3) is 22.3 Å². The van der Waals surface area contributed by atoms with Crippen LogP contribution < -0.4 is 40.6 Å². The minimum absolute atomic E-state index is 0. The third kappa shape index (κ3) is 21.8. The van der Waals surface area contributed by atoms with Crippen LogP contribution in [0.3, 0.4) is 0 Å². The van der Waals surface area contributed by atoms with Gasteiger partial charge in [-0.05, 0) is 244 Å². The third-order valence-corrected chi connectivity index (χ3v) is 16.1. The van der Waals surface area contributed by atoms with Crippen molar-refractivity contribution in [3.05, 3.63) is 183 Å². The molecule has 0 saturated heterocycles. The van der Waals surface area contributed by atoms with Crippen molar-refractivity contribution >= 4 is 23.8 Å². The molecule has 19 heteroatoms. The summed E-state index contributed by atoms with van der Waals surface area (Å²) < 4.78 is 39.9. The van der Waals surface area contributed by atoms with Gasteiger partial charge in [0, 0.05) is 48.7 Å². The molecule has 0 aliphatic carbocycles. The van der Waals surface area contributed by atoms with Crippen LogP contribution in [0.2, 0.25) is 0 Å². The van der Waals surface area contributed by atoms with E-state index in [1.54, 1.807) is 69.6 Å². The van der Waals surface area contributed by atoms with Crippen molar-refractivity contribution < 1.29 is 67.6 Å². The normalized spacial score (nSPS) is 12.5. The van der Waals surface area contributed by atoms with Crippen LogP contribution in [0, 0.1) is 92.7 Å². The number of ether oxygens (including phenoxy) is 1. The second-order valence-electron chi connectivity index (χ2n) is 25.5. The Kier molecular flexibility index (Phi) is 31.4. The predicted octanol–water partition coefficient (Wildman–Crippen LogP) is 8.92. The zero-order valence-electron chi connectivity index (χ0n) is 57.6. The van der Waals surface area contributed by atoms with Crippen molar-refractivity contribution in [1.82, 2.24) is 29.6 Å². The Morgan fingerprint density at radius 1 is 0.538 bits per heavy atom. The first-order valence-corrected chi connectivity index (χ1v) is 30.7. The zero-order valence-corrected chi connectivity index (χ0v) is 57.6. The minimum atomic E-state index is -1.17. The van der Waals surface area contributed by atoms with Gasteiger partial charge in [-0.3, -0.25) is 28.8 Å². The summed E-state index contributed by atoms with van der Waals surface area (Å²) in [5.41, 5.74) is 14.0. The molecule has 6 aromatic rings. The fourth-order valence-electron chi connectivity index (χ4n) is 11.9. The van der Waals surface area contributed by atoms with Gasteiger partial charge in [0.25, 0.3) is 11.1 Å². The second kappa shape index (κ2) is 35.7. The second-order valence-corrected chi connectivity index (χ2v) is 25.5. The maximum absolute atomic E-state index is 16.0. The molecule has 0 aliphatic rings. The van der Waals surface area contributed by atoms with Crippen molar-refractivity contribution in [2.45, 2.75) is 167 Å². The Morgan fingerprint density at radius 3 is 1.19 bits per heavy atom. The number of carbonyl (C=O) groups is 4. The van der Waals surface area contributed by atoms with Crippen molar-refractivity contribution in [3.63, 3.8) is 0 Å². The number of amides is 2. The zero-order chi connectivity index (χ0) is 65.8. The number of nitrogens with zero attached hydrogens (tertiary/aromatic N) is 4. The molecule has 2 amide bonds. The Morgan fingerprint density at radius 2 is 0.879 bits per heavy atom. The number of aromatic nitrogens is 2. The number of hydrogen-bond donors (Lipinski definition) is 3. The number of carboxylic acid groups (broad SMARTS) is 1. The average Bonchev–Trinajstić information content (AvgIpc) is 1.15. The number of aliphatic carboxylic acids is 1. The van der Waals surface area contributed by atoms with Gasteiger partial charge in [-0.2, -0.15) is 0 Å². The van der Waals surface area contributed by atoms with Crippen molar-refractivity contribution in [1.29, 1.82) is 0 Å². The molecule has 2 heterocycles. The first-order chi connectivity index (χ1) is 41.2. The molecule has 91 heavy (non-hydrogen) atoms. The van der Waals surface area contributed by atoms with Gasteiger partial charge in [0.1, 0.15) is 23.7 Å². The molecule has 0 spiro atoms. The summed E-state index contributed by atoms with van der Waals surface area (Å²) in [5, 5.41) is 15.6. The van der Waals surface area contributed by atoms with Crippen LogP contribution >= 0.6 is 0 Å². The van der Waals surface area contributed by atoms with Gasteiger partial charge in [-0.25, -0.2) is 8.78 Å². The minimum Gasteiger partial charge on any atom is -0.870 e. The predicted molar refractivity (Wildman–Crippen MR) is 355 cm³/mol. The third-order valence-electron chi connectivity index (χ3n) is 16.1. The summed E-state index contributed by atoms with van der Waals surface area (Å²) in [6.07, 6.45) is 4.92. The number of rotatable bonds is 25. The number of esters is 1. The quantitative estimate of drug-likeness (QED) is 0.0362. The first-order valence-electron chi connectivity index (χ1n) is 30.7. The van der Waals surface area contributed by atoms with E-state index in [0.29, 0.717) is 30.4 Å². The number of benzene rings is 4. The smallest absolute Gasteiger partial charge is 0.870 e. The summed E-state index contributed by atoms with van der Waals surface area (Å²) in [4.78, 5) is 83.6. The summed E-state index contributed by atoms with van der Waals surface area (Å²) >= 11 is 0. The summed E-state index contributed by atoms with van der Waals surface area (Å²) in [7, 11) is 7.92. The van der Waals surface area contributed by atoms with E-state index in [0.717, 1.165) is 97.4 Å². The Labute approximate surface area is 550 Å². The number of hydrogen-bond acceptors (Lipinski definition) is 10. The van der Waals surface area contributed by atoms with Crippen LogP contribution in [0.1, 0.15) is 162 Å². The van der Waals surface area contributed by atoms with E-state index in [4.69, 9.17) is 4.74 Å². The van der Waals surface area contributed by atoms with Gasteiger partial charge < -0.3 is 50.4 Å². The van der Waals surface area contributed by atoms with Crippen molar-refractivity contribution in [3.8, 4) is 22.3 Å². The van der Waals surface area contributed by atoms with Crippen LogP contribution in [0.15, 0.2) is 82.6 Å². The van der Waals surface area contributed by atoms with Crippen molar-refractivity contribution in [2.24, 2.45) is 11.8 Å². The molecule has 0 bridgehead atoms. The van der Waals surface area contributed by atoms with E-state index < -0.39 is 66.0 Å². The number of likely N-dealkylation sites (N-methyl/N-ethyl adjacent to an activating group) is 2. The van der Waals surface area contributed by atoms with Gasteiger partial charge in [0.15, 0.2) is 0 Å². The Balaban J connectivity index is 0.000000601. The maximum atomic E-state index is 16.0. The molecule has 0 fully saturated rings. The number of carboxylic acids is 1. The monoisotopic (exact) mass is 1250 g/mol. The number of nitrogens with one attached hydrogen (secondary N) is 2. The molecule has 0 saturated carbocycles. The standard InChI is InChI=1S/C37H50FN3O4.C35H46FN3O4.Li.2H2O/c1-11-45-34(43)20-31(30-19-29(17-27(8)36(30)38)35-25(6)15-23(4)16-26(35)7)39-37(44)32(14-22(2)3)41-21-28(12-13-40(9)10)24(5)18-33(41)42;1-20(2)12-30(39-19-26(10-11-38(8)9)22(4)16-31(39)40)35(43)37-29(18-32(41)42)28-17-27(15-25(7)34(28)36)33-23(5)13-21(3)14-24(33)6;;;/h15-19,21-22,31-32H,11-14,20H2,1-10H3,(H,39,44);13-17,19-20,29-30H,10-12,18H2,1-9H3,(H,37,43)(H,41,42);;2*1H2/q;;+1;;/p-1/t31-,32?;29-,30?;;;/m00.../s1. The summed E-state index contributed by atoms with van der Waals surface area (Å²) in [6, 6.07) is 14.4. The van der Waals surface area contributed by atoms with Gasteiger partial charge in [-0.15, -0.1) is 0 Å². The van der Waals surface area contributed by atoms with E-state index in [1.807, 2.05) is 116 Å². The molecule has 492 valence electrons. The van der Waals surface area contributed by atoms with Gasteiger partial charge >= 0.3 is 30.8 Å². The van der Waals surface area contributed by atoms with Crippen LogP contribution in [-0.2, 0) is 36.8 Å². The molecular weight excluding hydrogens is 1150 g/mol. The van der Waals surface area contributed by atoms with E-state index in [1.165, 1.54) is 9.13 Å². The SMILES string of the molecule is CCOC(=O)C[C@H](NC(=O)C(CC(C)C)n1cc(CCN(C)C)c(C)cc1=O)c1cc(-c2c(C)cc(C)cc2C)cc(C)c1F.Cc1cc(C)c(-c2cc(C)c(F)c([C@H](CC(=O)O)NC(=O)C(CC(C)C)n3cc(CCN(C)C)c(C)cc3=O)c2)c(C)c1.O.[Li+].[OH-]. The summed E-state index contributed by atoms with van der Waals surface area (Å²) in [6.45, 7) is 30.5. The topological polar surface area (TPSA) is 234 Å². The number of pyridine rings is 2. The summed E-state index contributed by atoms with van der Waals surface area (Å²) in [5.74, 6) is -3.60. The fourth-order valence-corrected chi connectivity index (χ4v) is 11.9. The van der Waals surface area contributed by atoms with Crippen LogP contribution in [0.4, 0.5) is 8.78 Å². The molecule has 0 radical (unpaired) electrons. The molecule has 0 aliphatic heterocycles. The van der Waals surface area contributed by atoms with Crippen LogP contribution in [0.5, 0.6) is 0 Å². The number of carbonyl (C=O) groups excluding carboxylic acids is 3. The van der Waals surface area contributed by atoms with Crippen LogP contribution in [-0.4, -0.2) is 107 Å². The fraction of sp³-hybridized carbons (Fsp3) is 0.472. The first kappa shape index (κ1) is 80.1. The molecule has 6 N–H and O–H groups in total. The largest absolute Gasteiger partial charge is 1.00 e. The molecule has 4 aromatic carbocycles. The molecular formula is C72H99F2LiN6O10. The molecule has 2 aromatic heterocycles. The van der Waals surface area contributed by atoms with Gasteiger partial charge in [-0.1, -0.05) is 63.1 Å². The Hall–Kier alpha value is -7.04. The van der Waals surface area contributed by atoms with Crippen molar-refractivity contribution in [2.75, 3.05) is 47.9 Å². The number of halogens is 2. The van der Waals surface area contributed by atoms with E-state index >= 15 is 8.78 Å². The van der Waals surface area contributed by atoms with Gasteiger partial charge in [0.05, 0.1) is 31.5 Å². The molecule has 6 rings (SSSR count). The molecule has 2 unspecified atom stereocenters.